The van der Waals surface area contributed by atoms with E-state index in [2.05, 4.69) is 0 Å². The monoisotopic (exact) mass is 288 g/mol. The third kappa shape index (κ3) is 2.43. The number of nitrogens with zero attached hydrogens (tertiary/aromatic N) is 2. The molecule has 0 radical (unpaired) electrons. The number of rotatable bonds is 5. The van der Waals surface area contributed by atoms with Crippen molar-refractivity contribution in [2.45, 2.75) is 53.6 Å². The standard InChI is InChI=1S/C17H24N2O2/c1-6-17(4,5)15(20)12(3)19-14-11-9-8-10-13(14)18(7-2)16(19)21/h8-12H,6-7H2,1-5H3. The van der Waals surface area contributed by atoms with Gasteiger partial charge in [0.25, 0.3) is 0 Å². The maximum atomic E-state index is 12.7. The van der Waals surface area contributed by atoms with Gasteiger partial charge in [-0.1, -0.05) is 32.9 Å². The van der Waals surface area contributed by atoms with E-state index >= 15 is 0 Å². The number of Topliss-reactive ketones (excluding diaryl/α,β-unsaturated/α-hetero) is 1. The van der Waals surface area contributed by atoms with Crippen LogP contribution in [-0.2, 0) is 11.3 Å². The molecule has 0 aliphatic heterocycles. The number of imidazole rings is 1. The minimum Gasteiger partial charge on any atom is -0.297 e. The van der Waals surface area contributed by atoms with Crippen molar-refractivity contribution in [2.75, 3.05) is 0 Å². The first-order chi connectivity index (χ1) is 9.85. The van der Waals surface area contributed by atoms with E-state index in [0.29, 0.717) is 6.54 Å². The van der Waals surface area contributed by atoms with E-state index in [4.69, 9.17) is 0 Å². The largest absolute Gasteiger partial charge is 0.329 e. The molecule has 1 atom stereocenters. The van der Waals surface area contributed by atoms with Gasteiger partial charge in [-0.25, -0.2) is 4.79 Å². The third-order valence-electron chi connectivity index (χ3n) is 4.50. The molecule has 0 bridgehead atoms. The van der Waals surface area contributed by atoms with Crippen LogP contribution < -0.4 is 5.69 Å². The molecule has 0 saturated heterocycles. The number of carbonyl (C=O) groups is 1. The Morgan fingerprint density at radius 3 is 2.29 bits per heavy atom. The molecule has 2 aromatic rings. The fourth-order valence-corrected chi connectivity index (χ4v) is 2.77. The summed E-state index contributed by atoms with van der Waals surface area (Å²) in [7, 11) is 0. The van der Waals surface area contributed by atoms with E-state index in [0.717, 1.165) is 17.5 Å². The van der Waals surface area contributed by atoms with Crippen LogP contribution in [0.25, 0.3) is 11.0 Å². The Balaban J connectivity index is 2.65. The highest BCUT2D eigenvalue weighted by molar-refractivity contribution is 5.89. The highest BCUT2D eigenvalue weighted by Gasteiger charge is 2.32. The van der Waals surface area contributed by atoms with Crippen molar-refractivity contribution in [1.29, 1.82) is 0 Å². The summed E-state index contributed by atoms with van der Waals surface area (Å²) in [5.41, 5.74) is 1.19. The second-order valence-corrected chi connectivity index (χ2v) is 6.16. The maximum Gasteiger partial charge on any atom is 0.329 e. The third-order valence-corrected chi connectivity index (χ3v) is 4.50. The van der Waals surface area contributed by atoms with Crippen LogP contribution in [0.1, 0.15) is 47.1 Å². The fraction of sp³-hybridized carbons (Fsp3) is 0.529. The van der Waals surface area contributed by atoms with Crippen LogP contribution in [-0.4, -0.2) is 14.9 Å². The van der Waals surface area contributed by atoms with Gasteiger partial charge in [0, 0.05) is 12.0 Å². The molecule has 0 N–H and O–H groups in total. The zero-order valence-corrected chi connectivity index (χ0v) is 13.5. The molecule has 0 amide bonds. The molecule has 1 aromatic carbocycles. The van der Waals surface area contributed by atoms with Gasteiger partial charge in [0.05, 0.1) is 17.1 Å². The van der Waals surface area contributed by atoms with E-state index < -0.39 is 11.5 Å². The predicted octanol–water partition coefficient (Wildman–Crippen LogP) is 3.39. The second-order valence-electron chi connectivity index (χ2n) is 6.16. The molecule has 0 aliphatic carbocycles. The van der Waals surface area contributed by atoms with Crippen LogP contribution in [0.5, 0.6) is 0 Å². The second kappa shape index (κ2) is 5.51. The molecule has 1 aromatic heterocycles. The maximum absolute atomic E-state index is 12.7. The first kappa shape index (κ1) is 15.5. The van der Waals surface area contributed by atoms with Crippen LogP contribution >= 0.6 is 0 Å². The minimum atomic E-state index is -0.454. The van der Waals surface area contributed by atoms with E-state index in [9.17, 15) is 9.59 Å². The highest BCUT2D eigenvalue weighted by atomic mass is 16.2. The molecule has 0 saturated carbocycles. The lowest BCUT2D eigenvalue weighted by Crippen LogP contribution is -2.36. The number of aryl methyl sites for hydroxylation is 1. The first-order valence-corrected chi connectivity index (χ1v) is 7.59. The molecule has 4 nitrogen and oxygen atoms in total. The molecule has 4 heteroatoms. The lowest BCUT2D eigenvalue weighted by molar-refractivity contribution is -0.130. The Kier molecular flexibility index (Phi) is 4.08. The molecule has 2 rings (SSSR count). The number of ketones is 1. The molecule has 1 heterocycles. The lowest BCUT2D eigenvalue weighted by atomic mass is 9.82. The zero-order chi connectivity index (χ0) is 15.8. The number of hydrogen-bond donors (Lipinski definition) is 0. The number of fused-ring (bicyclic) bond motifs is 1. The van der Waals surface area contributed by atoms with Crippen molar-refractivity contribution >= 4 is 16.8 Å². The van der Waals surface area contributed by atoms with Crippen molar-refractivity contribution in [2.24, 2.45) is 5.41 Å². The van der Waals surface area contributed by atoms with Crippen LogP contribution in [0.2, 0.25) is 0 Å². The molecular weight excluding hydrogens is 264 g/mol. The Labute approximate surface area is 125 Å². The molecule has 0 spiro atoms. The SMILES string of the molecule is CCn1c(=O)n(C(C)C(=O)C(C)(C)CC)c2ccccc21. The van der Waals surface area contributed by atoms with Crippen molar-refractivity contribution in [1.82, 2.24) is 9.13 Å². The normalized spacial score (nSPS) is 13.6. The smallest absolute Gasteiger partial charge is 0.297 e. The van der Waals surface area contributed by atoms with Gasteiger partial charge in [-0.15, -0.1) is 0 Å². The van der Waals surface area contributed by atoms with E-state index in [-0.39, 0.29) is 11.5 Å². The number of hydrogen-bond acceptors (Lipinski definition) is 2. The number of aromatic nitrogens is 2. The Bertz CT molecular complexity index is 722. The minimum absolute atomic E-state index is 0.103. The summed E-state index contributed by atoms with van der Waals surface area (Å²) in [4.78, 5) is 25.4. The van der Waals surface area contributed by atoms with Gasteiger partial charge in [0.15, 0.2) is 5.78 Å². The van der Waals surface area contributed by atoms with Crippen molar-refractivity contribution < 1.29 is 4.79 Å². The molecule has 114 valence electrons. The Morgan fingerprint density at radius 2 is 1.76 bits per heavy atom. The molecular formula is C17H24N2O2. The lowest BCUT2D eigenvalue weighted by Gasteiger charge is -2.25. The van der Waals surface area contributed by atoms with Gasteiger partial charge < -0.3 is 0 Å². The van der Waals surface area contributed by atoms with Crippen LogP contribution in [0, 0.1) is 5.41 Å². The summed E-state index contributed by atoms with van der Waals surface area (Å²) in [6.07, 6.45) is 0.761. The number of benzene rings is 1. The predicted molar refractivity (Wildman–Crippen MR) is 85.7 cm³/mol. The van der Waals surface area contributed by atoms with Gasteiger partial charge >= 0.3 is 5.69 Å². The zero-order valence-electron chi connectivity index (χ0n) is 13.5. The van der Waals surface area contributed by atoms with Gasteiger partial charge in [-0.3, -0.25) is 13.9 Å². The van der Waals surface area contributed by atoms with E-state index in [1.165, 1.54) is 0 Å². The number of carbonyl (C=O) groups excluding carboxylic acids is 1. The average Bonchev–Trinajstić information content (AvgIpc) is 2.77. The summed E-state index contributed by atoms with van der Waals surface area (Å²) >= 11 is 0. The van der Waals surface area contributed by atoms with E-state index in [1.54, 1.807) is 9.13 Å². The van der Waals surface area contributed by atoms with Gasteiger partial charge in [-0.2, -0.15) is 0 Å². The molecule has 21 heavy (non-hydrogen) atoms. The summed E-state index contributed by atoms with van der Waals surface area (Å²) in [6, 6.07) is 7.20. The first-order valence-electron chi connectivity index (χ1n) is 7.59. The van der Waals surface area contributed by atoms with Crippen LogP contribution in [0.3, 0.4) is 0 Å². The molecule has 1 unspecified atom stereocenters. The summed E-state index contributed by atoms with van der Waals surface area (Å²) < 4.78 is 3.36. The topological polar surface area (TPSA) is 44.0 Å². The fourth-order valence-electron chi connectivity index (χ4n) is 2.77. The Morgan fingerprint density at radius 1 is 1.19 bits per heavy atom. The number of para-hydroxylation sites is 2. The van der Waals surface area contributed by atoms with Gasteiger partial charge in [0.2, 0.25) is 0 Å². The van der Waals surface area contributed by atoms with Crippen LogP contribution in [0.15, 0.2) is 29.1 Å². The van der Waals surface area contributed by atoms with Crippen molar-refractivity contribution in [3.05, 3.63) is 34.7 Å². The highest BCUT2D eigenvalue weighted by Crippen LogP contribution is 2.28. The summed E-state index contributed by atoms with van der Waals surface area (Å²) in [5, 5.41) is 0. The van der Waals surface area contributed by atoms with Gasteiger partial charge in [0.1, 0.15) is 0 Å². The van der Waals surface area contributed by atoms with Gasteiger partial charge in [-0.05, 0) is 32.4 Å². The van der Waals surface area contributed by atoms with Crippen LogP contribution in [0.4, 0.5) is 0 Å². The molecule has 0 fully saturated rings. The quantitative estimate of drug-likeness (QED) is 0.846. The van der Waals surface area contributed by atoms with Crippen molar-refractivity contribution in [3.63, 3.8) is 0 Å². The summed E-state index contributed by atoms with van der Waals surface area (Å²) in [6.45, 7) is 10.3. The van der Waals surface area contributed by atoms with Crippen molar-refractivity contribution in [3.8, 4) is 0 Å². The average molecular weight is 288 g/mol. The molecule has 0 aliphatic rings. The van der Waals surface area contributed by atoms with E-state index in [1.807, 2.05) is 58.9 Å². The Hall–Kier alpha value is -1.84. The summed E-state index contributed by atoms with van der Waals surface area (Å²) in [5.74, 6) is 0.103.